The average molecular weight is 300 g/mol. The second-order valence-electron chi connectivity index (χ2n) is 6.28. The van der Waals surface area contributed by atoms with Gasteiger partial charge in [-0.15, -0.1) is 0 Å². The van der Waals surface area contributed by atoms with Crippen molar-refractivity contribution in [2.75, 3.05) is 11.9 Å². The van der Waals surface area contributed by atoms with Crippen molar-refractivity contribution in [1.29, 1.82) is 0 Å². The molecule has 0 bridgehead atoms. The van der Waals surface area contributed by atoms with Gasteiger partial charge in [0.2, 0.25) is 5.88 Å². The highest BCUT2D eigenvalue weighted by molar-refractivity contribution is 5.56. The second kappa shape index (κ2) is 6.34. The monoisotopic (exact) mass is 300 g/mol. The molecule has 1 N–H and O–H groups in total. The minimum Gasteiger partial charge on any atom is -0.474 e. The van der Waals surface area contributed by atoms with Gasteiger partial charge in [-0.25, -0.2) is 9.37 Å². The van der Waals surface area contributed by atoms with E-state index in [1.54, 1.807) is 12.1 Å². The zero-order chi connectivity index (χ0) is 15.5. The van der Waals surface area contributed by atoms with Crippen molar-refractivity contribution in [2.24, 2.45) is 5.92 Å². The fraction of sp³-hybridized carbons (Fsp3) is 0.389. The lowest BCUT2D eigenvalue weighted by Crippen LogP contribution is -2.33. The number of anilines is 1. The van der Waals surface area contributed by atoms with Gasteiger partial charge in [0.05, 0.1) is 11.7 Å². The summed E-state index contributed by atoms with van der Waals surface area (Å²) in [6, 6.07) is 9.00. The fourth-order valence-electron chi connectivity index (χ4n) is 2.79. The molecule has 116 valence electrons. The van der Waals surface area contributed by atoms with Crippen LogP contribution in [0.5, 0.6) is 5.88 Å². The summed E-state index contributed by atoms with van der Waals surface area (Å²) in [5, 5.41) is 3.52. The first-order valence-electron chi connectivity index (χ1n) is 7.73. The Hall–Kier alpha value is -2.10. The molecule has 0 aliphatic carbocycles. The van der Waals surface area contributed by atoms with Crippen LogP contribution in [-0.2, 0) is 6.42 Å². The maximum atomic E-state index is 13.0. The van der Waals surface area contributed by atoms with Crippen LogP contribution in [0.1, 0.15) is 31.4 Å². The third kappa shape index (κ3) is 3.56. The average Bonchev–Trinajstić information content (AvgIpc) is 2.49. The molecule has 4 heteroatoms. The normalized spacial score (nSPS) is 16.8. The van der Waals surface area contributed by atoms with E-state index in [0.717, 1.165) is 29.7 Å². The second-order valence-corrected chi connectivity index (χ2v) is 6.28. The minimum absolute atomic E-state index is 0.209. The Bertz CT molecular complexity index is 640. The molecule has 0 spiro atoms. The van der Waals surface area contributed by atoms with Gasteiger partial charge in [-0.1, -0.05) is 26.0 Å². The van der Waals surface area contributed by atoms with Gasteiger partial charge in [-0.3, -0.25) is 0 Å². The molecule has 2 aromatic rings. The molecule has 0 fully saturated rings. The van der Waals surface area contributed by atoms with E-state index in [0.29, 0.717) is 24.4 Å². The van der Waals surface area contributed by atoms with Gasteiger partial charge >= 0.3 is 0 Å². The van der Waals surface area contributed by atoms with Crippen LogP contribution in [-0.4, -0.2) is 17.6 Å². The summed E-state index contributed by atoms with van der Waals surface area (Å²) in [6.45, 7) is 5.08. The van der Waals surface area contributed by atoms with E-state index in [2.05, 4.69) is 30.2 Å². The van der Waals surface area contributed by atoms with Crippen molar-refractivity contribution in [1.82, 2.24) is 4.98 Å². The topological polar surface area (TPSA) is 34.1 Å². The Morgan fingerprint density at radius 1 is 1.27 bits per heavy atom. The number of benzene rings is 1. The predicted molar refractivity (Wildman–Crippen MR) is 85.8 cm³/mol. The van der Waals surface area contributed by atoms with Gasteiger partial charge in [0.25, 0.3) is 0 Å². The summed E-state index contributed by atoms with van der Waals surface area (Å²) in [4.78, 5) is 4.39. The summed E-state index contributed by atoms with van der Waals surface area (Å²) in [5.74, 6) is 1.08. The van der Waals surface area contributed by atoms with E-state index in [9.17, 15) is 4.39 Å². The molecule has 0 amide bonds. The molecule has 1 aliphatic rings. The Morgan fingerprint density at radius 3 is 2.77 bits per heavy atom. The molecular formula is C18H21FN2O. The zero-order valence-corrected chi connectivity index (χ0v) is 13.0. The van der Waals surface area contributed by atoms with Gasteiger partial charge < -0.3 is 10.1 Å². The van der Waals surface area contributed by atoms with Crippen molar-refractivity contribution in [3.8, 4) is 5.88 Å². The van der Waals surface area contributed by atoms with E-state index >= 15 is 0 Å². The van der Waals surface area contributed by atoms with E-state index in [1.165, 1.54) is 12.1 Å². The van der Waals surface area contributed by atoms with E-state index in [1.807, 2.05) is 6.20 Å². The molecule has 3 nitrogen and oxygen atoms in total. The molecule has 0 saturated carbocycles. The van der Waals surface area contributed by atoms with Crippen LogP contribution in [0.25, 0.3) is 0 Å². The number of nitrogens with zero attached hydrogens (tertiary/aromatic N) is 1. The van der Waals surface area contributed by atoms with Crippen LogP contribution in [0.4, 0.5) is 10.1 Å². The van der Waals surface area contributed by atoms with Crippen LogP contribution in [0.3, 0.4) is 0 Å². The van der Waals surface area contributed by atoms with Crippen LogP contribution >= 0.6 is 0 Å². The molecular weight excluding hydrogens is 279 g/mol. The third-order valence-corrected chi connectivity index (χ3v) is 3.77. The number of fused-ring (bicyclic) bond motifs is 1. The van der Waals surface area contributed by atoms with Crippen molar-refractivity contribution < 1.29 is 9.13 Å². The molecule has 0 saturated heterocycles. The number of rotatable bonds is 4. The highest BCUT2D eigenvalue weighted by atomic mass is 19.1. The molecule has 1 aliphatic heterocycles. The molecule has 0 radical (unpaired) electrons. The van der Waals surface area contributed by atoms with Gasteiger partial charge in [-0.05, 0) is 48.1 Å². The predicted octanol–water partition coefficient (Wildman–Crippen LogP) is 4.03. The minimum atomic E-state index is -0.209. The fourth-order valence-corrected chi connectivity index (χ4v) is 2.79. The van der Waals surface area contributed by atoms with Crippen molar-refractivity contribution in [3.63, 3.8) is 0 Å². The highest BCUT2D eigenvalue weighted by Crippen LogP contribution is 2.29. The van der Waals surface area contributed by atoms with Crippen LogP contribution in [0.15, 0.2) is 36.5 Å². The van der Waals surface area contributed by atoms with Gasteiger partial charge in [0.15, 0.2) is 0 Å². The van der Waals surface area contributed by atoms with E-state index in [4.69, 9.17) is 4.74 Å². The third-order valence-electron chi connectivity index (χ3n) is 3.77. The Labute approximate surface area is 130 Å². The summed E-state index contributed by atoms with van der Waals surface area (Å²) >= 11 is 0. The Balaban J connectivity index is 1.74. The first-order chi connectivity index (χ1) is 10.6. The number of halogens is 1. The lowest BCUT2D eigenvalue weighted by atomic mass is 10.0. The van der Waals surface area contributed by atoms with Crippen molar-refractivity contribution in [3.05, 3.63) is 53.5 Å². The number of aromatic nitrogens is 1. The van der Waals surface area contributed by atoms with Crippen LogP contribution in [0.2, 0.25) is 0 Å². The molecule has 2 heterocycles. The first kappa shape index (κ1) is 14.8. The zero-order valence-electron chi connectivity index (χ0n) is 13.0. The van der Waals surface area contributed by atoms with Crippen LogP contribution < -0.4 is 10.1 Å². The van der Waals surface area contributed by atoms with Gasteiger partial charge in [0, 0.05) is 6.20 Å². The SMILES string of the molecule is CC(C)CC1COc2ncc(Cc3ccc(F)cc3)cc2N1. The smallest absolute Gasteiger partial charge is 0.237 e. The molecule has 22 heavy (non-hydrogen) atoms. The molecule has 1 unspecified atom stereocenters. The lowest BCUT2D eigenvalue weighted by Gasteiger charge is -2.28. The van der Waals surface area contributed by atoms with Crippen molar-refractivity contribution in [2.45, 2.75) is 32.7 Å². The van der Waals surface area contributed by atoms with E-state index < -0.39 is 0 Å². The number of ether oxygens (including phenoxy) is 1. The summed E-state index contributed by atoms with van der Waals surface area (Å²) in [7, 11) is 0. The standard InChI is InChI=1S/C18H21FN2O/c1-12(2)7-16-11-22-18-17(21-16)9-14(10-20-18)8-13-3-5-15(19)6-4-13/h3-6,9-10,12,16,21H,7-8,11H2,1-2H3. The Morgan fingerprint density at radius 2 is 2.05 bits per heavy atom. The summed E-state index contributed by atoms with van der Waals surface area (Å²) in [5.41, 5.74) is 3.11. The molecule has 1 aromatic carbocycles. The maximum Gasteiger partial charge on any atom is 0.237 e. The maximum absolute atomic E-state index is 13.0. The highest BCUT2D eigenvalue weighted by Gasteiger charge is 2.21. The number of hydrogen-bond donors (Lipinski definition) is 1. The Kier molecular flexibility index (Phi) is 4.27. The van der Waals surface area contributed by atoms with E-state index in [-0.39, 0.29) is 5.82 Å². The first-order valence-corrected chi connectivity index (χ1v) is 7.73. The number of hydrogen-bond acceptors (Lipinski definition) is 3. The number of pyridine rings is 1. The molecule has 3 rings (SSSR count). The molecule has 1 aromatic heterocycles. The number of nitrogens with one attached hydrogen (secondary N) is 1. The summed E-state index contributed by atoms with van der Waals surface area (Å²) in [6.07, 6.45) is 3.63. The van der Waals surface area contributed by atoms with Crippen molar-refractivity contribution >= 4 is 5.69 Å². The summed E-state index contributed by atoms with van der Waals surface area (Å²) < 4.78 is 18.7. The molecule has 1 atom stereocenters. The van der Waals surface area contributed by atoms with Gasteiger partial charge in [0.1, 0.15) is 12.4 Å². The van der Waals surface area contributed by atoms with Crippen LogP contribution in [0, 0.1) is 11.7 Å². The largest absolute Gasteiger partial charge is 0.474 e. The lowest BCUT2D eigenvalue weighted by molar-refractivity contribution is 0.258. The quantitative estimate of drug-likeness (QED) is 0.925. The van der Waals surface area contributed by atoms with Gasteiger partial charge in [-0.2, -0.15) is 0 Å².